The number of aromatic nitrogens is 2. The Morgan fingerprint density at radius 3 is 2.90 bits per heavy atom. The van der Waals surface area contributed by atoms with Gasteiger partial charge in [0.1, 0.15) is 16.5 Å². The summed E-state index contributed by atoms with van der Waals surface area (Å²) >= 11 is 1.61. The number of thiophene rings is 1. The van der Waals surface area contributed by atoms with Crippen LogP contribution in [0.1, 0.15) is 49.9 Å². The van der Waals surface area contributed by atoms with E-state index in [1.807, 2.05) is 0 Å². The molecule has 2 heterocycles. The SMILES string of the molecule is CC(C)(C)[C@H]1CCc2c(sc3nc(CCC(=O)Nc4cccc(F)c4)[nH]c(=O)c23)C1. The summed E-state index contributed by atoms with van der Waals surface area (Å²) in [5.41, 5.74) is 1.69. The van der Waals surface area contributed by atoms with Crippen molar-refractivity contribution in [2.24, 2.45) is 11.3 Å². The van der Waals surface area contributed by atoms with E-state index in [1.165, 1.54) is 17.0 Å². The minimum Gasteiger partial charge on any atom is -0.326 e. The monoisotopic (exact) mass is 427 g/mol. The van der Waals surface area contributed by atoms with Crippen molar-refractivity contribution in [1.82, 2.24) is 9.97 Å². The molecule has 0 radical (unpaired) electrons. The second-order valence-corrected chi connectivity index (χ2v) is 10.1. The zero-order chi connectivity index (χ0) is 21.5. The number of hydrogen-bond acceptors (Lipinski definition) is 4. The normalized spacial score (nSPS) is 16.5. The Morgan fingerprint density at radius 2 is 2.17 bits per heavy atom. The van der Waals surface area contributed by atoms with Crippen LogP contribution in [-0.2, 0) is 24.1 Å². The summed E-state index contributed by atoms with van der Waals surface area (Å²) < 4.78 is 13.2. The Bertz CT molecular complexity index is 1160. The number of anilines is 1. The molecule has 0 aliphatic heterocycles. The topological polar surface area (TPSA) is 74.8 Å². The molecule has 1 atom stereocenters. The second kappa shape index (κ2) is 7.95. The lowest BCUT2D eigenvalue weighted by molar-refractivity contribution is -0.116. The summed E-state index contributed by atoms with van der Waals surface area (Å²) in [4.78, 5) is 34.5. The second-order valence-electron chi connectivity index (χ2n) is 9.06. The number of fused-ring (bicyclic) bond motifs is 3. The van der Waals surface area contributed by atoms with Crippen molar-refractivity contribution in [2.75, 3.05) is 5.32 Å². The quantitative estimate of drug-likeness (QED) is 0.625. The number of H-pyrrole nitrogens is 1. The number of benzene rings is 1. The Morgan fingerprint density at radius 1 is 1.37 bits per heavy atom. The van der Waals surface area contributed by atoms with E-state index < -0.39 is 5.82 Å². The molecule has 5 nitrogen and oxygen atoms in total. The summed E-state index contributed by atoms with van der Waals surface area (Å²) in [6, 6.07) is 5.77. The van der Waals surface area contributed by atoms with E-state index in [0.717, 1.165) is 35.0 Å². The van der Waals surface area contributed by atoms with Crippen LogP contribution in [0, 0.1) is 17.2 Å². The van der Waals surface area contributed by atoms with Crippen molar-refractivity contribution in [3.63, 3.8) is 0 Å². The highest BCUT2D eigenvalue weighted by Gasteiger charge is 2.31. The van der Waals surface area contributed by atoms with Gasteiger partial charge in [0.2, 0.25) is 5.91 Å². The molecule has 1 aromatic carbocycles. The average Bonchev–Trinajstić information content (AvgIpc) is 3.03. The van der Waals surface area contributed by atoms with Crippen molar-refractivity contribution >= 4 is 33.1 Å². The van der Waals surface area contributed by atoms with Crippen molar-refractivity contribution in [3.05, 3.63) is 56.7 Å². The average molecular weight is 428 g/mol. The smallest absolute Gasteiger partial charge is 0.259 e. The van der Waals surface area contributed by atoms with Crippen LogP contribution < -0.4 is 10.9 Å². The predicted molar refractivity (Wildman–Crippen MR) is 119 cm³/mol. The summed E-state index contributed by atoms with van der Waals surface area (Å²) in [7, 11) is 0. The maximum Gasteiger partial charge on any atom is 0.259 e. The molecule has 1 aliphatic rings. The zero-order valence-electron chi connectivity index (χ0n) is 17.5. The Kier molecular flexibility index (Phi) is 5.49. The molecule has 0 spiro atoms. The van der Waals surface area contributed by atoms with Gasteiger partial charge < -0.3 is 10.3 Å². The van der Waals surface area contributed by atoms with E-state index >= 15 is 0 Å². The maximum atomic E-state index is 13.2. The lowest BCUT2D eigenvalue weighted by Crippen LogP contribution is -2.26. The minimum atomic E-state index is -0.403. The number of carbonyl (C=O) groups excluding carboxylic acids is 1. The van der Waals surface area contributed by atoms with Crippen LogP contribution in [-0.4, -0.2) is 15.9 Å². The molecule has 2 aromatic heterocycles. The highest BCUT2D eigenvalue weighted by atomic mass is 32.1. The first-order valence-electron chi connectivity index (χ1n) is 10.3. The molecule has 7 heteroatoms. The molecule has 0 bridgehead atoms. The van der Waals surface area contributed by atoms with E-state index in [-0.39, 0.29) is 23.3 Å². The van der Waals surface area contributed by atoms with Gasteiger partial charge in [0.25, 0.3) is 5.56 Å². The zero-order valence-corrected chi connectivity index (χ0v) is 18.3. The van der Waals surface area contributed by atoms with Gasteiger partial charge in [0.05, 0.1) is 5.39 Å². The first kappa shape index (κ1) is 20.7. The molecule has 0 fully saturated rings. The molecule has 1 amide bonds. The van der Waals surface area contributed by atoms with Gasteiger partial charge in [-0.1, -0.05) is 26.8 Å². The van der Waals surface area contributed by atoms with Crippen LogP contribution in [0.25, 0.3) is 10.2 Å². The largest absolute Gasteiger partial charge is 0.326 e. The van der Waals surface area contributed by atoms with E-state index in [0.29, 0.717) is 23.9 Å². The van der Waals surface area contributed by atoms with Crippen LogP contribution in [0.2, 0.25) is 0 Å². The van der Waals surface area contributed by atoms with Gasteiger partial charge >= 0.3 is 0 Å². The number of nitrogens with one attached hydrogen (secondary N) is 2. The summed E-state index contributed by atoms with van der Waals surface area (Å²) in [6.07, 6.45) is 3.47. The molecule has 0 saturated heterocycles. The maximum absolute atomic E-state index is 13.2. The van der Waals surface area contributed by atoms with E-state index in [1.54, 1.807) is 23.5 Å². The number of aryl methyl sites for hydroxylation is 2. The van der Waals surface area contributed by atoms with Crippen LogP contribution in [0.5, 0.6) is 0 Å². The third kappa shape index (κ3) is 4.31. The summed E-state index contributed by atoms with van der Waals surface area (Å²) in [6.45, 7) is 6.82. The van der Waals surface area contributed by atoms with Gasteiger partial charge in [-0.2, -0.15) is 0 Å². The van der Waals surface area contributed by atoms with Crippen molar-refractivity contribution in [3.8, 4) is 0 Å². The van der Waals surface area contributed by atoms with Crippen molar-refractivity contribution in [2.45, 2.75) is 52.9 Å². The van der Waals surface area contributed by atoms with Gasteiger partial charge in [-0.3, -0.25) is 9.59 Å². The number of carbonyl (C=O) groups is 1. The van der Waals surface area contributed by atoms with Crippen LogP contribution in [0.4, 0.5) is 10.1 Å². The Balaban J connectivity index is 1.50. The number of amides is 1. The number of nitrogens with zero attached hydrogens (tertiary/aromatic N) is 1. The first-order chi connectivity index (χ1) is 14.2. The summed E-state index contributed by atoms with van der Waals surface area (Å²) in [5.74, 6) is 0.456. The highest BCUT2D eigenvalue weighted by Crippen LogP contribution is 2.41. The van der Waals surface area contributed by atoms with Gasteiger partial charge in [-0.15, -0.1) is 11.3 Å². The van der Waals surface area contributed by atoms with Gasteiger partial charge in [-0.25, -0.2) is 9.37 Å². The first-order valence-corrected chi connectivity index (χ1v) is 11.1. The Hall–Kier alpha value is -2.54. The van der Waals surface area contributed by atoms with Crippen LogP contribution >= 0.6 is 11.3 Å². The minimum absolute atomic E-state index is 0.118. The lowest BCUT2D eigenvalue weighted by atomic mass is 9.72. The fourth-order valence-corrected chi connectivity index (χ4v) is 5.43. The molecular formula is C23H26FN3O2S. The van der Waals surface area contributed by atoms with E-state index in [4.69, 9.17) is 0 Å². The van der Waals surface area contributed by atoms with Gasteiger partial charge in [0, 0.05) is 23.4 Å². The molecule has 1 aliphatic carbocycles. The summed E-state index contributed by atoms with van der Waals surface area (Å²) in [5, 5.41) is 3.39. The van der Waals surface area contributed by atoms with Crippen LogP contribution in [0.15, 0.2) is 29.1 Å². The van der Waals surface area contributed by atoms with E-state index in [9.17, 15) is 14.0 Å². The number of aromatic amines is 1. The fourth-order valence-electron chi connectivity index (χ4n) is 4.11. The Labute approximate surface area is 178 Å². The third-order valence-electron chi connectivity index (χ3n) is 5.89. The highest BCUT2D eigenvalue weighted by molar-refractivity contribution is 7.18. The molecule has 30 heavy (non-hydrogen) atoms. The van der Waals surface area contributed by atoms with Crippen LogP contribution in [0.3, 0.4) is 0 Å². The molecule has 4 rings (SSSR count). The number of rotatable bonds is 4. The third-order valence-corrected chi connectivity index (χ3v) is 7.04. The molecule has 3 aromatic rings. The number of halogens is 1. The molecular weight excluding hydrogens is 401 g/mol. The standard InChI is InChI=1S/C23H26FN3O2S/c1-23(2,3)13-7-8-16-17(11-13)30-22-20(16)21(29)26-18(27-22)9-10-19(28)25-15-6-4-5-14(24)12-15/h4-6,12-13H,7-11H2,1-3H3,(H,25,28)(H,26,27,29)/t13-/m0/s1. The van der Waals surface area contributed by atoms with Gasteiger partial charge in [-0.05, 0) is 54.4 Å². The van der Waals surface area contributed by atoms with E-state index in [2.05, 4.69) is 36.1 Å². The lowest BCUT2D eigenvalue weighted by Gasteiger charge is -2.33. The molecule has 0 saturated carbocycles. The molecule has 158 valence electrons. The molecule has 2 N–H and O–H groups in total. The number of hydrogen-bond donors (Lipinski definition) is 2. The van der Waals surface area contributed by atoms with Crippen molar-refractivity contribution in [1.29, 1.82) is 0 Å². The van der Waals surface area contributed by atoms with Gasteiger partial charge in [0.15, 0.2) is 0 Å². The predicted octanol–water partition coefficient (Wildman–Crippen LogP) is 4.85. The van der Waals surface area contributed by atoms with Crippen molar-refractivity contribution < 1.29 is 9.18 Å². The fraction of sp³-hybridized carbons (Fsp3) is 0.435. The molecule has 0 unspecified atom stereocenters.